The largest absolute Gasteiger partial charge is 0.755 e. The molecule has 1 unspecified atom stereocenters. The van der Waals surface area contributed by atoms with E-state index in [0.29, 0.717) is 18.5 Å². The lowest BCUT2D eigenvalue weighted by atomic mass is 10.0. The van der Waals surface area contributed by atoms with Gasteiger partial charge in [-0.3, -0.25) is 8.51 Å². The Morgan fingerprint density at radius 2 is 1.57 bits per heavy atom. The summed E-state index contributed by atoms with van der Waals surface area (Å²) >= 11 is -1.64. The number of anilines is 2. The molecule has 0 spiro atoms. The quantitative estimate of drug-likeness (QED) is 0.307. The maximum absolute atomic E-state index is 12.9. The summed E-state index contributed by atoms with van der Waals surface area (Å²) in [5.41, 5.74) is 2.45. The normalized spacial score (nSPS) is 12.3. The van der Waals surface area contributed by atoms with Crippen LogP contribution in [0.5, 0.6) is 0 Å². The van der Waals surface area contributed by atoms with Gasteiger partial charge in [0.05, 0.1) is 32.3 Å². The number of benzene rings is 3. The predicted molar refractivity (Wildman–Crippen MR) is 135 cm³/mol. The van der Waals surface area contributed by atoms with Crippen molar-refractivity contribution in [2.75, 3.05) is 4.31 Å². The number of hydrogen-bond acceptors (Lipinski definition) is 6. The van der Waals surface area contributed by atoms with Crippen molar-refractivity contribution in [1.29, 1.82) is 0 Å². The summed E-state index contributed by atoms with van der Waals surface area (Å²) < 4.78 is 50.9. The van der Waals surface area contributed by atoms with Crippen LogP contribution in [0.2, 0.25) is 0 Å². The van der Waals surface area contributed by atoms with E-state index in [4.69, 9.17) is 5.11 Å². The number of carbonyl (C=O) groups is 1. The van der Waals surface area contributed by atoms with E-state index in [0.717, 1.165) is 26.8 Å². The second-order valence-corrected chi connectivity index (χ2v) is 11.3. The van der Waals surface area contributed by atoms with E-state index in [9.17, 15) is 22.0 Å². The van der Waals surface area contributed by atoms with Gasteiger partial charge in [0.15, 0.2) is 0 Å². The molecular weight excluding hydrogens is 506 g/mol. The number of aromatic carboxylic acids is 1. The molecule has 0 bridgehead atoms. The zero-order valence-electron chi connectivity index (χ0n) is 18.2. The lowest BCUT2D eigenvalue weighted by molar-refractivity contribution is 0.0696. The minimum atomic E-state index is -3.76. The number of carboxylic acid groups (broad SMARTS) is 1. The highest BCUT2D eigenvalue weighted by atomic mass is 32.2. The SMILES string of the molecule is O=C(O)c1cccc(CCc2ccc(N(c3cc(S(=O)(=O)c4ccccc4)cs3)S(=O)[O-])cc2)c1. The Bertz CT molecular complexity index is 1460. The van der Waals surface area contributed by atoms with E-state index in [2.05, 4.69) is 0 Å². The van der Waals surface area contributed by atoms with Gasteiger partial charge in [-0.05, 0) is 66.4 Å². The van der Waals surface area contributed by atoms with Gasteiger partial charge in [-0.2, -0.15) is 0 Å². The number of sulfone groups is 1. The predicted octanol–water partition coefficient (Wildman–Crippen LogP) is 5.00. The lowest BCUT2D eigenvalue weighted by Crippen LogP contribution is -2.18. The van der Waals surface area contributed by atoms with Crippen molar-refractivity contribution >= 4 is 49.1 Å². The van der Waals surface area contributed by atoms with Crippen LogP contribution in [-0.4, -0.2) is 28.3 Å². The molecule has 35 heavy (non-hydrogen) atoms. The Hall–Kier alpha value is -3.31. The fourth-order valence-electron chi connectivity index (χ4n) is 3.52. The third-order valence-corrected chi connectivity index (χ3v) is 8.95. The molecule has 0 aliphatic rings. The molecule has 4 aromatic rings. The summed E-state index contributed by atoms with van der Waals surface area (Å²) in [5, 5.41) is 10.8. The second-order valence-electron chi connectivity index (χ2n) is 7.62. The highest BCUT2D eigenvalue weighted by molar-refractivity contribution is 7.91. The summed E-state index contributed by atoms with van der Waals surface area (Å²) in [5.74, 6) is -0.977. The van der Waals surface area contributed by atoms with E-state index in [-0.39, 0.29) is 20.4 Å². The van der Waals surface area contributed by atoms with E-state index in [1.165, 1.54) is 23.6 Å². The van der Waals surface area contributed by atoms with E-state index >= 15 is 0 Å². The number of nitrogens with zero attached hydrogens (tertiary/aromatic N) is 1. The molecule has 0 saturated carbocycles. The van der Waals surface area contributed by atoms with Crippen LogP contribution in [0.15, 0.2) is 100 Å². The smallest absolute Gasteiger partial charge is 0.335 e. The van der Waals surface area contributed by atoms with Crippen LogP contribution >= 0.6 is 11.3 Å². The van der Waals surface area contributed by atoms with Crippen molar-refractivity contribution in [3.8, 4) is 0 Å². The summed E-state index contributed by atoms with van der Waals surface area (Å²) in [6.07, 6.45) is 1.27. The summed E-state index contributed by atoms with van der Waals surface area (Å²) in [7, 11) is -3.76. The highest BCUT2D eigenvalue weighted by Crippen LogP contribution is 2.36. The first kappa shape index (κ1) is 24.8. The minimum absolute atomic E-state index is 0.0272. The first-order valence-electron chi connectivity index (χ1n) is 10.4. The number of hydrogen-bond donors (Lipinski definition) is 1. The number of carboxylic acids is 1. The lowest BCUT2D eigenvalue weighted by Gasteiger charge is -2.24. The molecule has 180 valence electrons. The van der Waals surface area contributed by atoms with Crippen LogP contribution in [0, 0.1) is 0 Å². The molecule has 1 aromatic heterocycles. The van der Waals surface area contributed by atoms with Crippen LogP contribution < -0.4 is 4.31 Å². The molecule has 3 aromatic carbocycles. The fourth-order valence-corrected chi connectivity index (χ4v) is 6.81. The van der Waals surface area contributed by atoms with Crippen molar-refractivity contribution in [1.82, 2.24) is 0 Å². The highest BCUT2D eigenvalue weighted by Gasteiger charge is 2.22. The van der Waals surface area contributed by atoms with E-state index < -0.39 is 27.1 Å². The number of aryl methyl sites for hydroxylation is 2. The van der Waals surface area contributed by atoms with Gasteiger partial charge < -0.3 is 9.66 Å². The topological polar surface area (TPSA) is 115 Å². The molecule has 0 amide bonds. The molecular formula is C25H20NO6S3-. The van der Waals surface area contributed by atoms with Crippen molar-refractivity contribution in [3.63, 3.8) is 0 Å². The molecule has 0 aliphatic heterocycles. The third kappa shape index (κ3) is 5.68. The molecule has 0 fully saturated rings. The van der Waals surface area contributed by atoms with Gasteiger partial charge in [-0.15, -0.1) is 11.3 Å². The van der Waals surface area contributed by atoms with Crippen molar-refractivity contribution in [2.24, 2.45) is 0 Å². The Balaban J connectivity index is 1.52. The van der Waals surface area contributed by atoms with Crippen LogP contribution in [0.3, 0.4) is 0 Å². The summed E-state index contributed by atoms with van der Waals surface area (Å²) in [6.45, 7) is 0. The van der Waals surface area contributed by atoms with E-state index in [1.54, 1.807) is 60.7 Å². The maximum atomic E-state index is 12.9. The molecule has 0 radical (unpaired) electrons. The fraction of sp³-hybridized carbons (Fsp3) is 0.0800. The summed E-state index contributed by atoms with van der Waals surface area (Å²) in [4.78, 5) is 11.3. The van der Waals surface area contributed by atoms with Gasteiger partial charge in [-0.25, -0.2) is 13.2 Å². The maximum Gasteiger partial charge on any atom is 0.335 e. The van der Waals surface area contributed by atoms with Crippen LogP contribution in [0.4, 0.5) is 10.7 Å². The first-order valence-corrected chi connectivity index (χ1v) is 13.8. The molecule has 1 N–H and O–H groups in total. The van der Waals surface area contributed by atoms with E-state index in [1.807, 2.05) is 6.07 Å². The zero-order valence-corrected chi connectivity index (χ0v) is 20.7. The monoisotopic (exact) mass is 526 g/mol. The summed E-state index contributed by atoms with van der Waals surface area (Å²) in [6, 6.07) is 23.0. The van der Waals surface area contributed by atoms with Crippen LogP contribution in [0.25, 0.3) is 0 Å². The Labute approximate surface area is 209 Å². The van der Waals surface area contributed by atoms with Gasteiger partial charge in [0.2, 0.25) is 9.84 Å². The van der Waals surface area contributed by atoms with Crippen LogP contribution in [-0.2, 0) is 33.9 Å². The van der Waals surface area contributed by atoms with Crippen molar-refractivity contribution in [2.45, 2.75) is 22.6 Å². The van der Waals surface area contributed by atoms with Crippen molar-refractivity contribution < 1.29 is 27.1 Å². The van der Waals surface area contributed by atoms with Gasteiger partial charge in [-0.1, -0.05) is 42.5 Å². The second kappa shape index (κ2) is 10.5. The molecule has 0 aliphatic carbocycles. The molecule has 4 rings (SSSR count). The number of thiophene rings is 1. The van der Waals surface area contributed by atoms with Gasteiger partial charge in [0.25, 0.3) is 0 Å². The first-order chi connectivity index (χ1) is 16.8. The number of rotatable bonds is 9. The van der Waals surface area contributed by atoms with Crippen molar-refractivity contribution in [3.05, 3.63) is 107 Å². The average molecular weight is 527 g/mol. The standard InChI is InChI=1S/C25H21NO6S3/c27-25(28)20-6-4-5-19(15-20)10-9-18-11-13-21(14-12-18)26(34(29)30)24-16-23(17-33-24)35(31,32)22-7-2-1-3-8-22/h1-8,11-17H,9-10H2,(H,27,28)(H,29,30)/p-1. The molecule has 10 heteroatoms. The molecule has 7 nitrogen and oxygen atoms in total. The third-order valence-electron chi connectivity index (χ3n) is 5.32. The van der Waals surface area contributed by atoms with Gasteiger partial charge >= 0.3 is 5.97 Å². The molecule has 1 atom stereocenters. The Morgan fingerprint density at radius 3 is 2.23 bits per heavy atom. The molecule has 0 saturated heterocycles. The average Bonchev–Trinajstić information content (AvgIpc) is 3.35. The van der Waals surface area contributed by atoms with Crippen LogP contribution in [0.1, 0.15) is 21.5 Å². The Morgan fingerprint density at radius 1 is 0.886 bits per heavy atom. The zero-order chi connectivity index (χ0) is 25.0. The van der Waals surface area contributed by atoms with Gasteiger partial charge in [0.1, 0.15) is 5.00 Å². The molecule has 1 heterocycles. The minimum Gasteiger partial charge on any atom is -0.755 e. The Kier molecular flexibility index (Phi) is 7.46. The van der Waals surface area contributed by atoms with Gasteiger partial charge in [0, 0.05) is 5.38 Å².